The van der Waals surface area contributed by atoms with Gasteiger partial charge < -0.3 is 14.7 Å². The Kier molecular flexibility index (Phi) is 4.32. The molecule has 0 spiro atoms. The molecule has 0 bridgehead atoms. The summed E-state index contributed by atoms with van der Waals surface area (Å²) in [5.74, 6) is 0.446. The van der Waals surface area contributed by atoms with Crippen molar-refractivity contribution in [2.45, 2.75) is 18.7 Å². The van der Waals surface area contributed by atoms with Crippen molar-refractivity contribution in [1.29, 1.82) is 5.41 Å². The lowest BCUT2D eigenvalue weighted by Crippen LogP contribution is -2.21. The number of aromatic nitrogens is 1. The van der Waals surface area contributed by atoms with Gasteiger partial charge in [-0.3, -0.25) is 4.55 Å². The highest BCUT2D eigenvalue weighted by atomic mass is 32.2. The summed E-state index contributed by atoms with van der Waals surface area (Å²) in [6.45, 7) is 5.92. The fraction of sp³-hybridized carbons (Fsp3) is 0.200. The zero-order chi connectivity index (χ0) is 20.1. The van der Waals surface area contributed by atoms with E-state index in [0.717, 1.165) is 18.8 Å². The molecular formula is C20H19N3O4S. The summed E-state index contributed by atoms with van der Waals surface area (Å²) < 4.78 is 38.2. The SMILES string of the molecule is CCN(CC)c1ccc2nc3c4ccc(S(=O)(=O)O)cc4c(=N)cc-3oc2c1. The van der Waals surface area contributed by atoms with E-state index in [-0.39, 0.29) is 10.3 Å². The third kappa shape index (κ3) is 3.00. The number of nitrogens with zero attached hydrogens (tertiary/aromatic N) is 2. The Labute approximate surface area is 161 Å². The molecule has 0 atom stereocenters. The molecule has 2 aromatic rings. The number of fused-ring (bicyclic) bond motifs is 4. The van der Waals surface area contributed by atoms with Crippen molar-refractivity contribution in [3.05, 3.63) is 47.8 Å². The number of benzene rings is 3. The van der Waals surface area contributed by atoms with Crippen LogP contribution in [0, 0.1) is 5.41 Å². The van der Waals surface area contributed by atoms with Crippen LogP contribution in [0.15, 0.2) is 51.8 Å². The van der Waals surface area contributed by atoms with E-state index in [9.17, 15) is 13.0 Å². The van der Waals surface area contributed by atoms with Crippen LogP contribution in [0.25, 0.3) is 33.3 Å². The van der Waals surface area contributed by atoms with Gasteiger partial charge in [-0.05, 0) is 38.1 Å². The average molecular weight is 397 g/mol. The van der Waals surface area contributed by atoms with Crippen molar-refractivity contribution >= 4 is 37.7 Å². The largest absolute Gasteiger partial charge is 0.453 e. The van der Waals surface area contributed by atoms with E-state index in [1.54, 1.807) is 0 Å². The van der Waals surface area contributed by atoms with Crippen molar-refractivity contribution in [3.8, 4) is 11.5 Å². The van der Waals surface area contributed by atoms with Crippen LogP contribution in [-0.4, -0.2) is 31.0 Å². The van der Waals surface area contributed by atoms with Crippen molar-refractivity contribution in [2.24, 2.45) is 0 Å². The van der Waals surface area contributed by atoms with Crippen LogP contribution in [0.5, 0.6) is 0 Å². The Hall–Kier alpha value is -2.97. The molecule has 8 heteroatoms. The molecule has 2 aliphatic rings. The van der Waals surface area contributed by atoms with Gasteiger partial charge in [0.25, 0.3) is 10.1 Å². The predicted octanol–water partition coefficient (Wildman–Crippen LogP) is 3.66. The lowest BCUT2D eigenvalue weighted by molar-refractivity contribution is 0.483. The maximum Gasteiger partial charge on any atom is 0.294 e. The number of hydrogen-bond acceptors (Lipinski definition) is 6. The first-order valence-corrected chi connectivity index (χ1v) is 10.3. The van der Waals surface area contributed by atoms with Gasteiger partial charge in [0.15, 0.2) is 11.3 Å². The molecule has 2 N–H and O–H groups in total. The predicted molar refractivity (Wildman–Crippen MR) is 107 cm³/mol. The molecule has 144 valence electrons. The first-order valence-electron chi connectivity index (χ1n) is 8.90. The lowest BCUT2D eigenvalue weighted by Gasteiger charge is -2.21. The van der Waals surface area contributed by atoms with E-state index in [2.05, 4.69) is 23.7 Å². The Morgan fingerprint density at radius 3 is 2.50 bits per heavy atom. The Bertz CT molecular complexity index is 1340. The molecule has 0 aromatic heterocycles. The smallest absolute Gasteiger partial charge is 0.294 e. The third-order valence-electron chi connectivity index (χ3n) is 4.87. The standard InChI is InChI=1S/C20H19N3O4S/c1-3-23(4-2)12-5-8-17-18(9-12)27-19-11-16(21)15-10-13(28(24,25)26)6-7-14(15)20(19)22-17/h5-11,21H,3-4H2,1-2H3,(H,24,25,26). The van der Waals surface area contributed by atoms with Gasteiger partial charge in [0.05, 0.1) is 10.3 Å². The minimum Gasteiger partial charge on any atom is -0.453 e. The van der Waals surface area contributed by atoms with Crippen molar-refractivity contribution in [1.82, 2.24) is 4.98 Å². The van der Waals surface area contributed by atoms with Gasteiger partial charge in [-0.25, -0.2) is 4.98 Å². The molecule has 0 saturated carbocycles. The normalized spacial score (nSPS) is 12.1. The van der Waals surface area contributed by atoms with Crippen LogP contribution in [0.1, 0.15) is 13.8 Å². The van der Waals surface area contributed by atoms with Crippen LogP contribution in [0.4, 0.5) is 5.69 Å². The molecule has 1 aliphatic heterocycles. The molecule has 1 heterocycles. The van der Waals surface area contributed by atoms with Crippen LogP contribution >= 0.6 is 0 Å². The summed E-state index contributed by atoms with van der Waals surface area (Å²) in [7, 11) is -4.35. The van der Waals surface area contributed by atoms with Gasteiger partial charge in [-0.1, -0.05) is 6.07 Å². The molecule has 4 rings (SSSR count). The quantitative estimate of drug-likeness (QED) is 0.309. The molecule has 0 radical (unpaired) electrons. The average Bonchev–Trinajstić information content (AvgIpc) is 2.67. The molecule has 7 nitrogen and oxygen atoms in total. The van der Waals surface area contributed by atoms with Gasteiger partial charge in [-0.15, -0.1) is 0 Å². The Morgan fingerprint density at radius 2 is 1.82 bits per heavy atom. The molecule has 0 fully saturated rings. The van der Waals surface area contributed by atoms with Crippen molar-refractivity contribution in [2.75, 3.05) is 18.0 Å². The fourth-order valence-corrected chi connectivity index (χ4v) is 3.92. The van der Waals surface area contributed by atoms with E-state index < -0.39 is 10.1 Å². The molecule has 0 amide bonds. The maximum atomic E-state index is 11.4. The summed E-state index contributed by atoms with van der Waals surface area (Å²) in [4.78, 5) is 6.63. The highest BCUT2D eigenvalue weighted by Crippen LogP contribution is 2.32. The monoisotopic (exact) mass is 397 g/mol. The lowest BCUT2D eigenvalue weighted by atomic mass is 10.0. The second-order valence-electron chi connectivity index (χ2n) is 6.49. The topological polar surface area (TPSA) is 107 Å². The van der Waals surface area contributed by atoms with E-state index in [4.69, 9.17) is 9.83 Å². The fourth-order valence-electron chi connectivity index (χ4n) is 3.42. The molecule has 0 unspecified atom stereocenters. The number of rotatable bonds is 4. The molecular weight excluding hydrogens is 378 g/mol. The summed E-state index contributed by atoms with van der Waals surface area (Å²) in [5.41, 5.74) is 2.86. The van der Waals surface area contributed by atoms with E-state index >= 15 is 0 Å². The number of hydrogen-bond donors (Lipinski definition) is 2. The molecule has 0 saturated heterocycles. The van der Waals surface area contributed by atoms with Gasteiger partial charge in [0, 0.05) is 41.7 Å². The number of anilines is 1. The van der Waals surface area contributed by atoms with Crippen molar-refractivity contribution < 1.29 is 17.4 Å². The van der Waals surface area contributed by atoms with Crippen LogP contribution in [0.3, 0.4) is 0 Å². The Balaban J connectivity index is 2.00. The van der Waals surface area contributed by atoms with Crippen LogP contribution in [-0.2, 0) is 10.1 Å². The van der Waals surface area contributed by atoms with Crippen LogP contribution in [0.2, 0.25) is 0 Å². The second kappa shape index (κ2) is 6.57. The molecule has 2 aromatic carbocycles. The van der Waals surface area contributed by atoms with Crippen molar-refractivity contribution in [3.63, 3.8) is 0 Å². The van der Waals surface area contributed by atoms with Gasteiger partial charge >= 0.3 is 0 Å². The van der Waals surface area contributed by atoms with E-state index in [1.165, 1.54) is 24.3 Å². The third-order valence-corrected chi connectivity index (χ3v) is 5.72. The summed E-state index contributed by atoms with van der Waals surface area (Å²) in [6, 6.07) is 11.4. The Morgan fingerprint density at radius 1 is 1.07 bits per heavy atom. The second-order valence-corrected chi connectivity index (χ2v) is 7.91. The zero-order valence-electron chi connectivity index (χ0n) is 15.4. The maximum absolute atomic E-state index is 11.4. The summed E-state index contributed by atoms with van der Waals surface area (Å²) >= 11 is 0. The van der Waals surface area contributed by atoms with E-state index in [1.807, 2.05) is 18.2 Å². The highest BCUT2D eigenvalue weighted by Gasteiger charge is 2.18. The van der Waals surface area contributed by atoms with Gasteiger partial charge in [-0.2, -0.15) is 8.42 Å². The van der Waals surface area contributed by atoms with Gasteiger partial charge in [0.1, 0.15) is 11.2 Å². The zero-order valence-corrected chi connectivity index (χ0v) is 16.2. The summed E-state index contributed by atoms with van der Waals surface area (Å²) in [5, 5.41) is 9.32. The van der Waals surface area contributed by atoms with Crippen LogP contribution < -0.4 is 10.3 Å². The number of nitrogens with one attached hydrogen (secondary N) is 1. The highest BCUT2D eigenvalue weighted by molar-refractivity contribution is 7.85. The first-order chi connectivity index (χ1) is 13.3. The minimum atomic E-state index is -4.35. The summed E-state index contributed by atoms with van der Waals surface area (Å²) in [6.07, 6.45) is 0. The molecule has 1 aliphatic carbocycles. The van der Waals surface area contributed by atoms with Gasteiger partial charge in [0.2, 0.25) is 0 Å². The molecule has 28 heavy (non-hydrogen) atoms. The van der Waals surface area contributed by atoms with E-state index in [0.29, 0.717) is 33.3 Å². The minimum absolute atomic E-state index is 0.0952. The first kappa shape index (κ1) is 18.4.